The van der Waals surface area contributed by atoms with E-state index in [1.807, 2.05) is 36.5 Å². The summed E-state index contributed by atoms with van der Waals surface area (Å²) in [7, 11) is 0. The van der Waals surface area contributed by atoms with Gasteiger partial charge in [0, 0.05) is 30.9 Å². The molecule has 5 rings (SSSR count). The van der Waals surface area contributed by atoms with Gasteiger partial charge >= 0.3 is 0 Å². The van der Waals surface area contributed by atoms with Crippen LogP contribution in [0.5, 0.6) is 0 Å². The summed E-state index contributed by atoms with van der Waals surface area (Å²) in [5, 5.41) is 1.74. The van der Waals surface area contributed by atoms with E-state index in [4.69, 9.17) is 11.6 Å². The number of nitrogens with one attached hydrogen (secondary N) is 1. The van der Waals surface area contributed by atoms with E-state index in [9.17, 15) is 4.79 Å². The minimum absolute atomic E-state index is 0.0619. The zero-order chi connectivity index (χ0) is 19.1. The first kappa shape index (κ1) is 17.5. The standard InChI is InChI=1S/C21H22ClN5O/c22-16-4-2-15(3-5-16)12-18(28)27-11-1-10-26(13-21(27)7-8-21)20-17-6-9-23-19(17)24-14-25-20/h2-6,9,14H,1,7-8,10-13H2,(H,23,24,25). The SMILES string of the molecule is O=C(Cc1ccc(Cl)cc1)N1CCCN(c2ncnc3[nH]ccc23)CC12CC2. The molecule has 2 aliphatic rings. The Balaban J connectivity index is 1.37. The first-order valence-corrected chi connectivity index (χ1v) is 10.1. The van der Waals surface area contributed by atoms with Crippen LogP contribution in [0.25, 0.3) is 11.0 Å². The number of fused-ring (bicyclic) bond motifs is 1. The Labute approximate surface area is 168 Å². The molecule has 3 aromatic rings. The van der Waals surface area contributed by atoms with E-state index in [-0.39, 0.29) is 11.4 Å². The van der Waals surface area contributed by atoms with E-state index in [1.54, 1.807) is 6.33 Å². The van der Waals surface area contributed by atoms with Gasteiger partial charge in [0.1, 0.15) is 17.8 Å². The van der Waals surface area contributed by atoms with Crippen LogP contribution in [-0.2, 0) is 11.2 Å². The van der Waals surface area contributed by atoms with Crippen LogP contribution in [0, 0.1) is 0 Å². The number of halogens is 1. The van der Waals surface area contributed by atoms with Gasteiger partial charge in [0.25, 0.3) is 0 Å². The number of carbonyl (C=O) groups is 1. The average molecular weight is 396 g/mol. The highest BCUT2D eigenvalue weighted by Crippen LogP contribution is 2.45. The van der Waals surface area contributed by atoms with Gasteiger partial charge in [-0.2, -0.15) is 0 Å². The molecule has 28 heavy (non-hydrogen) atoms. The molecular weight excluding hydrogens is 374 g/mol. The Morgan fingerprint density at radius 3 is 2.75 bits per heavy atom. The van der Waals surface area contributed by atoms with Crippen molar-refractivity contribution in [2.24, 2.45) is 0 Å². The number of carbonyl (C=O) groups excluding carboxylic acids is 1. The second-order valence-electron chi connectivity index (χ2n) is 7.79. The van der Waals surface area contributed by atoms with Crippen LogP contribution in [-0.4, -0.2) is 50.9 Å². The van der Waals surface area contributed by atoms with Crippen LogP contribution >= 0.6 is 11.6 Å². The molecule has 2 fully saturated rings. The lowest BCUT2D eigenvalue weighted by Gasteiger charge is -2.32. The number of nitrogens with zero attached hydrogens (tertiary/aromatic N) is 4. The Kier molecular flexibility index (Phi) is 4.23. The second kappa shape index (κ2) is 6.78. The smallest absolute Gasteiger partial charge is 0.227 e. The summed E-state index contributed by atoms with van der Waals surface area (Å²) in [6, 6.07) is 9.59. The summed E-state index contributed by atoms with van der Waals surface area (Å²) >= 11 is 5.97. The number of aromatic amines is 1. The summed E-state index contributed by atoms with van der Waals surface area (Å²) in [4.78, 5) is 29.6. The number of amides is 1. The van der Waals surface area contributed by atoms with E-state index in [1.165, 1.54) is 0 Å². The molecule has 0 unspecified atom stereocenters. The van der Waals surface area contributed by atoms with Crippen molar-refractivity contribution in [3.63, 3.8) is 0 Å². The second-order valence-corrected chi connectivity index (χ2v) is 8.22. The van der Waals surface area contributed by atoms with Crippen molar-refractivity contribution < 1.29 is 4.79 Å². The molecule has 1 spiro atoms. The van der Waals surface area contributed by atoms with Crippen LogP contribution in [0.3, 0.4) is 0 Å². The van der Waals surface area contributed by atoms with Gasteiger partial charge in [0.15, 0.2) is 0 Å². The first-order chi connectivity index (χ1) is 13.6. The fraction of sp³-hybridized carbons (Fsp3) is 0.381. The van der Waals surface area contributed by atoms with Crippen LogP contribution in [0.15, 0.2) is 42.9 Å². The first-order valence-electron chi connectivity index (χ1n) is 9.73. The number of hydrogen-bond donors (Lipinski definition) is 1. The van der Waals surface area contributed by atoms with Crippen molar-refractivity contribution in [1.82, 2.24) is 19.9 Å². The largest absolute Gasteiger partial charge is 0.354 e. The van der Waals surface area contributed by atoms with Crippen LogP contribution < -0.4 is 4.90 Å². The van der Waals surface area contributed by atoms with Crippen molar-refractivity contribution in [1.29, 1.82) is 0 Å². The maximum Gasteiger partial charge on any atom is 0.227 e. The molecule has 1 aromatic carbocycles. The molecule has 1 N–H and O–H groups in total. The summed E-state index contributed by atoms with van der Waals surface area (Å²) in [5.41, 5.74) is 1.80. The van der Waals surface area contributed by atoms with Gasteiger partial charge in [0.2, 0.25) is 5.91 Å². The number of hydrogen-bond acceptors (Lipinski definition) is 4. The van der Waals surface area contributed by atoms with Gasteiger partial charge in [-0.15, -0.1) is 0 Å². The van der Waals surface area contributed by atoms with Crippen molar-refractivity contribution >= 4 is 34.4 Å². The number of benzene rings is 1. The normalized spacial score (nSPS) is 18.5. The van der Waals surface area contributed by atoms with E-state index in [0.717, 1.165) is 61.3 Å². The Morgan fingerprint density at radius 2 is 1.96 bits per heavy atom. The molecule has 7 heteroatoms. The molecule has 144 valence electrons. The third kappa shape index (κ3) is 3.11. The molecule has 6 nitrogen and oxygen atoms in total. The Hall–Kier alpha value is -2.60. The van der Waals surface area contributed by atoms with Gasteiger partial charge in [-0.25, -0.2) is 9.97 Å². The summed E-state index contributed by atoms with van der Waals surface area (Å²) in [5.74, 6) is 1.17. The number of anilines is 1. The van der Waals surface area contributed by atoms with Gasteiger partial charge < -0.3 is 14.8 Å². The molecule has 1 aliphatic carbocycles. The molecule has 1 saturated heterocycles. The van der Waals surface area contributed by atoms with Crippen LogP contribution in [0.4, 0.5) is 5.82 Å². The zero-order valence-corrected chi connectivity index (χ0v) is 16.3. The predicted octanol–water partition coefficient (Wildman–Crippen LogP) is 3.43. The van der Waals surface area contributed by atoms with Crippen molar-refractivity contribution in [3.05, 3.63) is 53.4 Å². The average Bonchev–Trinajstić information content (AvgIpc) is 3.36. The van der Waals surface area contributed by atoms with E-state index in [2.05, 4.69) is 24.8 Å². The van der Waals surface area contributed by atoms with Crippen molar-refractivity contribution in [2.45, 2.75) is 31.2 Å². The fourth-order valence-corrected chi connectivity index (χ4v) is 4.43. The lowest BCUT2D eigenvalue weighted by Crippen LogP contribution is -2.47. The lowest BCUT2D eigenvalue weighted by molar-refractivity contribution is -0.133. The monoisotopic (exact) mass is 395 g/mol. The third-order valence-corrected chi connectivity index (χ3v) is 6.15. The van der Waals surface area contributed by atoms with E-state index >= 15 is 0 Å². The molecule has 3 heterocycles. The molecule has 0 bridgehead atoms. The molecule has 1 aliphatic heterocycles. The molecule has 0 radical (unpaired) electrons. The topological polar surface area (TPSA) is 65.1 Å². The van der Waals surface area contributed by atoms with E-state index < -0.39 is 0 Å². The van der Waals surface area contributed by atoms with Crippen molar-refractivity contribution in [2.75, 3.05) is 24.5 Å². The summed E-state index contributed by atoms with van der Waals surface area (Å²) < 4.78 is 0. The molecule has 1 amide bonds. The third-order valence-electron chi connectivity index (χ3n) is 5.90. The Morgan fingerprint density at radius 1 is 1.14 bits per heavy atom. The minimum atomic E-state index is -0.0619. The lowest BCUT2D eigenvalue weighted by atomic mass is 10.1. The fourth-order valence-electron chi connectivity index (χ4n) is 4.30. The minimum Gasteiger partial charge on any atom is -0.354 e. The van der Waals surface area contributed by atoms with Crippen molar-refractivity contribution in [3.8, 4) is 0 Å². The molecule has 2 aromatic heterocycles. The van der Waals surface area contributed by atoms with E-state index in [0.29, 0.717) is 11.4 Å². The summed E-state index contributed by atoms with van der Waals surface area (Å²) in [6.07, 6.45) is 6.98. The predicted molar refractivity (Wildman–Crippen MR) is 110 cm³/mol. The van der Waals surface area contributed by atoms with Gasteiger partial charge in [-0.1, -0.05) is 23.7 Å². The maximum absolute atomic E-state index is 13.1. The molecule has 1 saturated carbocycles. The highest BCUT2D eigenvalue weighted by molar-refractivity contribution is 6.30. The molecule has 0 atom stereocenters. The number of rotatable bonds is 3. The quantitative estimate of drug-likeness (QED) is 0.737. The maximum atomic E-state index is 13.1. The van der Waals surface area contributed by atoms with Gasteiger partial charge in [-0.05, 0) is 43.0 Å². The number of H-pyrrole nitrogens is 1. The van der Waals surface area contributed by atoms with Gasteiger partial charge in [0.05, 0.1) is 17.3 Å². The number of aromatic nitrogens is 3. The molecular formula is C21H22ClN5O. The van der Waals surface area contributed by atoms with Gasteiger partial charge in [-0.3, -0.25) is 4.79 Å². The highest BCUT2D eigenvalue weighted by atomic mass is 35.5. The summed E-state index contributed by atoms with van der Waals surface area (Å²) in [6.45, 7) is 2.52. The van der Waals surface area contributed by atoms with Crippen LogP contribution in [0.2, 0.25) is 5.02 Å². The Bertz CT molecular complexity index is 1010. The van der Waals surface area contributed by atoms with Crippen LogP contribution in [0.1, 0.15) is 24.8 Å². The highest BCUT2D eigenvalue weighted by Gasteiger charge is 2.52. The zero-order valence-electron chi connectivity index (χ0n) is 15.6.